The van der Waals surface area contributed by atoms with Gasteiger partial charge in [0.15, 0.2) is 0 Å². The van der Waals surface area contributed by atoms with E-state index in [1.165, 1.54) is 29.6 Å². The Balaban J connectivity index is 1.62. The topological polar surface area (TPSA) is 105 Å². The number of carbonyl (C=O) groups excluding carboxylic acids is 2. The summed E-state index contributed by atoms with van der Waals surface area (Å²) in [5.74, 6) is -0.433. The summed E-state index contributed by atoms with van der Waals surface area (Å²) >= 11 is 0. The van der Waals surface area contributed by atoms with Gasteiger partial charge in [-0.3, -0.25) is 9.59 Å². The Morgan fingerprint density at radius 2 is 1.85 bits per heavy atom. The minimum atomic E-state index is -3.81. The first-order chi connectivity index (χ1) is 15.8. The van der Waals surface area contributed by atoms with Crippen molar-refractivity contribution in [1.29, 1.82) is 0 Å². The summed E-state index contributed by atoms with van der Waals surface area (Å²) in [5, 5.41) is 5.49. The number of nitrogens with zero attached hydrogens (tertiary/aromatic N) is 1. The van der Waals surface area contributed by atoms with Gasteiger partial charge < -0.3 is 15.4 Å². The van der Waals surface area contributed by atoms with Gasteiger partial charge in [0.2, 0.25) is 15.9 Å². The number of rotatable bonds is 9. The third-order valence-electron chi connectivity index (χ3n) is 5.72. The molecule has 178 valence electrons. The van der Waals surface area contributed by atoms with E-state index in [4.69, 9.17) is 4.74 Å². The maximum atomic E-state index is 13.3. The van der Waals surface area contributed by atoms with Gasteiger partial charge in [-0.25, -0.2) is 8.42 Å². The lowest BCUT2D eigenvalue weighted by Crippen LogP contribution is -2.42. The summed E-state index contributed by atoms with van der Waals surface area (Å²) < 4.78 is 33.4. The van der Waals surface area contributed by atoms with Gasteiger partial charge in [-0.15, -0.1) is 0 Å². The molecule has 1 unspecified atom stereocenters. The highest BCUT2D eigenvalue weighted by atomic mass is 32.2. The molecular weight excluding hydrogens is 442 g/mol. The third kappa shape index (κ3) is 6.33. The molecule has 0 aromatic heterocycles. The van der Waals surface area contributed by atoms with Gasteiger partial charge in [0.25, 0.3) is 5.91 Å². The van der Waals surface area contributed by atoms with Crippen molar-refractivity contribution in [2.75, 3.05) is 20.2 Å². The van der Waals surface area contributed by atoms with Crippen LogP contribution in [0.1, 0.15) is 48.5 Å². The van der Waals surface area contributed by atoms with Crippen molar-refractivity contribution in [2.24, 2.45) is 0 Å². The minimum Gasteiger partial charge on any atom is -0.495 e. The van der Waals surface area contributed by atoms with Crippen molar-refractivity contribution in [2.45, 2.75) is 50.1 Å². The van der Waals surface area contributed by atoms with Crippen LogP contribution in [0, 0.1) is 0 Å². The van der Waals surface area contributed by atoms with E-state index in [0.717, 1.165) is 24.8 Å². The van der Waals surface area contributed by atoms with Crippen LogP contribution in [-0.4, -0.2) is 50.8 Å². The van der Waals surface area contributed by atoms with E-state index in [1.807, 2.05) is 37.3 Å². The maximum absolute atomic E-state index is 13.3. The Morgan fingerprint density at radius 3 is 2.55 bits per heavy atom. The molecule has 0 bridgehead atoms. The number of hydrogen-bond acceptors (Lipinski definition) is 5. The van der Waals surface area contributed by atoms with E-state index in [2.05, 4.69) is 10.6 Å². The number of nitrogens with one attached hydrogen (secondary N) is 2. The van der Waals surface area contributed by atoms with Crippen molar-refractivity contribution in [3.63, 3.8) is 0 Å². The van der Waals surface area contributed by atoms with E-state index in [1.54, 1.807) is 0 Å². The Hall–Kier alpha value is -2.91. The molecule has 9 heteroatoms. The number of carbonyl (C=O) groups is 2. The molecule has 1 heterocycles. The van der Waals surface area contributed by atoms with Gasteiger partial charge in [-0.2, -0.15) is 4.31 Å². The minimum absolute atomic E-state index is 0.0213. The predicted molar refractivity (Wildman–Crippen MR) is 125 cm³/mol. The average Bonchev–Trinajstić information content (AvgIpc) is 2.83. The molecule has 2 N–H and O–H groups in total. The number of amides is 2. The quantitative estimate of drug-likeness (QED) is 0.583. The zero-order chi connectivity index (χ0) is 23.8. The average molecular weight is 474 g/mol. The molecule has 1 aliphatic rings. The molecule has 2 aromatic carbocycles. The molecule has 0 saturated carbocycles. The van der Waals surface area contributed by atoms with Gasteiger partial charge in [-0.05, 0) is 43.5 Å². The van der Waals surface area contributed by atoms with E-state index in [9.17, 15) is 18.0 Å². The number of benzene rings is 2. The predicted octanol–water partition coefficient (Wildman–Crippen LogP) is 2.69. The van der Waals surface area contributed by atoms with Crippen LogP contribution in [0.3, 0.4) is 0 Å². The molecule has 3 rings (SSSR count). The van der Waals surface area contributed by atoms with Crippen molar-refractivity contribution < 1.29 is 22.7 Å². The Bertz CT molecular complexity index is 1070. The zero-order valence-electron chi connectivity index (χ0n) is 19.0. The fraction of sp³-hybridized carbons (Fsp3) is 0.417. The molecule has 33 heavy (non-hydrogen) atoms. The Morgan fingerprint density at radius 1 is 1.09 bits per heavy atom. The van der Waals surface area contributed by atoms with Crippen LogP contribution in [-0.2, 0) is 21.4 Å². The fourth-order valence-corrected chi connectivity index (χ4v) is 5.73. The van der Waals surface area contributed by atoms with Gasteiger partial charge >= 0.3 is 0 Å². The monoisotopic (exact) mass is 473 g/mol. The van der Waals surface area contributed by atoms with E-state index < -0.39 is 15.9 Å². The van der Waals surface area contributed by atoms with E-state index >= 15 is 0 Å². The van der Waals surface area contributed by atoms with Crippen molar-refractivity contribution in [3.8, 4) is 5.75 Å². The molecule has 0 radical (unpaired) electrons. The summed E-state index contributed by atoms with van der Waals surface area (Å²) in [5.41, 5.74) is 1.19. The lowest BCUT2D eigenvalue weighted by Gasteiger charge is -2.32. The molecule has 1 aliphatic heterocycles. The molecule has 8 nitrogen and oxygen atoms in total. The largest absolute Gasteiger partial charge is 0.495 e. The van der Waals surface area contributed by atoms with Crippen LogP contribution < -0.4 is 15.4 Å². The molecule has 1 fully saturated rings. The van der Waals surface area contributed by atoms with Crippen LogP contribution >= 0.6 is 0 Å². The van der Waals surface area contributed by atoms with Gasteiger partial charge in [0.1, 0.15) is 10.6 Å². The molecule has 0 spiro atoms. The smallest absolute Gasteiger partial charge is 0.251 e. The summed E-state index contributed by atoms with van der Waals surface area (Å²) in [6.07, 6.45) is 2.71. The van der Waals surface area contributed by atoms with Crippen LogP contribution in [0.25, 0.3) is 0 Å². The summed E-state index contributed by atoms with van der Waals surface area (Å²) in [6.45, 7) is 2.89. The van der Waals surface area contributed by atoms with Crippen LogP contribution in [0.5, 0.6) is 5.75 Å². The van der Waals surface area contributed by atoms with E-state index in [-0.39, 0.29) is 41.1 Å². The zero-order valence-corrected chi connectivity index (χ0v) is 19.9. The van der Waals surface area contributed by atoms with Crippen LogP contribution in [0.2, 0.25) is 0 Å². The van der Waals surface area contributed by atoms with Gasteiger partial charge in [0.05, 0.1) is 7.11 Å². The lowest BCUT2D eigenvalue weighted by molar-refractivity contribution is -0.121. The van der Waals surface area contributed by atoms with Gasteiger partial charge in [0, 0.05) is 37.7 Å². The number of sulfonamides is 1. The SMILES string of the molecule is COc1ccc(C(=O)NCCC(=O)NCc2ccccc2)cc1S(=O)(=O)N1CCCCC1C. The second kappa shape index (κ2) is 11.3. The highest BCUT2D eigenvalue weighted by molar-refractivity contribution is 7.89. The highest BCUT2D eigenvalue weighted by Crippen LogP contribution is 2.31. The van der Waals surface area contributed by atoms with Crippen LogP contribution in [0.4, 0.5) is 0 Å². The Kier molecular flexibility index (Phi) is 8.46. The number of ether oxygens (including phenoxy) is 1. The summed E-state index contributed by atoms with van der Waals surface area (Å²) in [7, 11) is -2.41. The molecule has 2 amide bonds. The number of piperidine rings is 1. The first kappa shape index (κ1) is 24.7. The first-order valence-electron chi connectivity index (χ1n) is 11.1. The molecule has 0 aliphatic carbocycles. The molecule has 1 saturated heterocycles. The third-order valence-corrected chi connectivity index (χ3v) is 7.76. The second-order valence-electron chi connectivity index (χ2n) is 8.09. The van der Waals surface area contributed by atoms with Crippen molar-refractivity contribution in [1.82, 2.24) is 14.9 Å². The number of methoxy groups -OCH3 is 1. The standard InChI is InChI=1S/C24H31N3O5S/c1-18-8-6-7-15-27(18)33(30,31)22-16-20(11-12-21(22)32-2)24(29)25-14-13-23(28)26-17-19-9-4-3-5-10-19/h3-5,9-12,16,18H,6-8,13-15,17H2,1-2H3,(H,25,29)(H,26,28). The molecule has 2 aromatic rings. The summed E-state index contributed by atoms with van der Waals surface area (Å²) in [6, 6.07) is 13.8. The second-order valence-corrected chi connectivity index (χ2v) is 9.95. The van der Waals surface area contributed by atoms with E-state index in [0.29, 0.717) is 13.1 Å². The molecule has 1 atom stereocenters. The fourth-order valence-electron chi connectivity index (χ4n) is 3.85. The lowest BCUT2D eigenvalue weighted by atomic mass is 10.1. The van der Waals surface area contributed by atoms with Gasteiger partial charge in [-0.1, -0.05) is 36.8 Å². The van der Waals surface area contributed by atoms with Crippen LogP contribution in [0.15, 0.2) is 53.4 Å². The van der Waals surface area contributed by atoms with Crippen molar-refractivity contribution in [3.05, 3.63) is 59.7 Å². The number of hydrogen-bond donors (Lipinski definition) is 2. The Labute approximate surface area is 195 Å². The molecular formula is C24H31N3O5S. The first-order valence-corrected chi connectivity index (χ1v) is 12.6. The highest BCUT2D eigenvalue weighted by Gasteiger charge is 2.33. The summed E-state index contributed by atoms with van der Waals surface area (Å²) in [4.78, 5) is 24.7. The van der Waals surface area contributed by atoms with Crippen molar-refractivity contribution >= 4 is 21.8 Å². The maximum Gasteiger partial charge on any atom is 0.251 e. The normalized spacial score (nSPS) is 16.7.